The Labute approximate surface area is 155 Å². The highest BCUT2D eigenvalue weighted by Gasteiger charge is 2.70. The lowest BCUT2D eigenvalue weighted by Crippen LogP contribution is -2.80. The van der Waals surface area contributed by atoms with Crippen molar-refractivity contribution in [3.05, 3.63) is 59.7 Å². The summed E-state index contributed by atoms with van der Waals surface area (Å²) in [7, 11) is 4.59. The van der Waals surface area contributed by atoms with Crippen molar-refractivity contribution in [2.45, 2.75) is 36.0 Å². The van der Waals surface area contributed by atoms with Crippen LogP contribution in [0.2, 0.25) is 0 Å². The average Bonchev–Trinajstić information content (AvgIpc) is 2.67. The molecule has 2 aromatic rings. The summed E-state index contributed by atoms with van der Waals surface area (Å²) in [5, 5.41) is 7.91. The molecule has 0 aliphatic carbocycles. The first-order chi connectivity index (χ1) is 12.7. The van der Waals surface area contributed by atoms with Crippen LogP contribution in [0.15, 0.2) is 48.5 Å². The monoisotopic (exact) mass is 346 g/mol. The lowest BCUT2D eigenvalue weighted by molar-refractivity contribution is -0.0691. The fraction of sp³-hybridized carbons (Fsp3) is 0.455. The van der Waals surface area contributed by atoms with Crippen LogP contribution in [0.25, 0.3) is 0 Å². The van der Waals surface area contributed by atoms with Crippen LogP contribution in [0.1, 0.15) is 24.0 Å². The number of likely N-dealkylation sites (N-methyl/N-ethyl adjacent to an activating group) is 2. The van der Waals surface area contributed by atoms with Gasteiger partial charge in [-0.25, -0.2) is 0 Å². The molecule has 134 valence electrons. The zero-order valence-corrected chi connectivity index (χ0v) is 15.5. The molecule has 4 heterocycles. The van der Waals surface area contributed by atoms with Crippen molar-refractivity contribution in [3.8, 4) is 0 Å². The number of para-hydroxylation sites is 2. The molecule has 0 saturated carbocycles. The van der Waals surface area contributed by atoms with E-state index in [0.717, 1.165) is 13.1 Å². The van der Waals surface area contributed by atoms with Gasteiger partial charge in [0.15, 0.2) is 0 Å². The fourth-order valence-electron chi connectivity index (χ4n) is 6.73. The van der Waals surface area contributed by atoms with E-state index in [-0.39, 0.29) is 10.8 Å². The zero-order valence-electron chi connectivity index (χ0n) is 15.5. The second-order valence-electron chi connectivity index (χ2n) is 8.59. The average molecular weight is 346 g/mol. The van der Waals surface area contributed by atoms with Gasteiger partial charge in [0.2, 0.25) is 0 Å². The van der Waals surface area contributed by atoms with Gasteiger partial charge in [0, 0.05) is 35.3 Å². The maximum absolute atomic E-state index is 3.95. The summed E-state index contributed by atoms with van der Waals surface area (Å²) in [6, 6.07) is 18.1. The van der Waals surface area contributed by atoms with Gasteiger partial charge in [0.1, 0.15) is 0 Å². The number of benzene rings is 2. The smallest absolute Gasteiger partial charge is 0.0901 e. The maximum atomic E-state index is 3.95. The minimum Gasteiger partial charge on any atom is -0.369 e. The van der Waals surface area contributed by atoms with E-state index in [1.54, 1.807) is 0 Å². The Hall–Kier alpha value is -2.04. The quantitative estimate of drug-likeness (QED) is 0.768. The van der Waals surface area contributed by atoms with E-state index in [1.165, 1.54) is 35.3 Å². The number of hydrogen-bond donors (Lipinski definition) is 2. The van der Waals surface area contributed by atoms with Gasteiger partial charge >= 0.3 is 0 Å². The van der Waals surface area contributed by atoms with Gasteiger partial charge in [-0.15, -0.1) is 0 Å². The van der Waals surface area contributed by atoms with Crippen LogP contribution in [0.3, 0.4) is 0 Å². The number of rotatable bonds is 0. The Morgan fingerprint density at radius 3 is 1.62 bits per heavy atom. The highest BCUT2D eigenvalue weighted by atomic mass is 15.4. The lowest BCUT2D eigenvalue weighted by Gasteiger charge is -2.71. The van der Waals surface area contributed by atoms with Gasteiger partial charge in [0.05, 0.1) is 12.3 Å². The summed E-state index contributed by atoms with van der Waals surface area (Å²) >= 11 is 0. The molecule has 4 atom stereocenters. The highest BCUT2D eigenvalue weighted by molar-refractivity contribution is 5.72. The first-order valence-corrected chi connectivity index (χ1v) is 9.81. The van der Waals surface area contributed by atoms with E-state index in [0.29, 0.717) is 12.3 Å². The third kappa shape index (κ3) is 1.47. The van der Waals surface area contributed by atoms with Gasteiger partial charge in [-0.1, -0.05) is 36.4 Å². The SMILES string of the molecule is CN1CC[C@]23c4ccccc4N[C@@H]1C21CCN(C)[C@@H]3Nc2ccccc21. The van der Waals surface area contributed by atoms with Gasteiger partial charge in [0.25, 0.3) is 0 Å². The molecule has 4 heteroatoms. The van der Waals surface area contributed by atoms with Crippen molar-refractivity contribution in [2.24, 2.45) is 0 Å². The van der Waals surface area contributed by atoms with Gasteiger partial charge in [-0.3, -0.25) is 9.80 Å². The van der Waals surface area contributed by atoms with Crippen molar-refractivity contribution in [1.29, 1.82) is 0 Å². The van der Waals surface area contributed by atoms with Crippen molar-refractivity contribution in [1.82, 2.24) is 9.80 Å². The Kier molecular flexibility index (Phi) is 2.79. The molecule has 1 unspecified atom stereocenters. The summed E-state index contributed by atoms with van der Waals surface area (Å²) in [6.07, 6.45) is 3.06. The fourth-order valence-corrected chi connectivity index (χ4v) is 6.73. The van der Waals surface area contributed by atoms with Gasteiger partial charge in [-0.05, 0) is 50.2 Å². The van der Waals surface area contributed by atoms with Crippen LogP contribution in [0, 0.1) is 0 Å². The second-order valence-corrected chi connectivity index (χ2v) is 8.59. The van der Waals surface area contributed by atoms with Crippen LogP contribution >= 0.6 is 0 Å². The van der Waals surface area contributed by atoms with Crippen LogP contribution in [-0.2, 0) is 10.8 Å². The maximum Gasteiger partial charge on any atom is 0.0901 e. The molecule has 0 spiro atoms. The summed E-state index contributed by atoms with van der Waals surface area (Å²) in [5.41, 5.74) is 5.86. The molecule has 4 bridgehead atoms. The van der Waals surface area contributed by atoms with E-state index in [1.807, 2.05) is 0 Å². The molecule has 26 heavy (non-hydrogen) atoms. The number of anilines is 2. The molecule has 2 aromatic carbocycles. The van der Waals surface area contributed by atoms with Crippen LogP contribution < -0.4 is 10.6 Å². The molecular formula is C22H26N4. The summed E-state index contributed by atoms with van der Waals surface area (Å²) in [4.78, 5) is 5.11. The Morgan fingerprint density at radius 1 is 0.731 bits per heavy atom. The van der Waals surface area contributed by atoms with E-state index in [2.05, 4.69) is 83.1 Å². The minimum absolute atomic E-state index is 0.105. The van der Waals surface area contributed by atoms with Crippen LogP contribution in [0.4, 0.5) is 11.4 Å². The topological polar surface area (TPSA) is 30.5 Å². The first kappa shape index (κ1) is 15.1. The highest BCUT2D eigenvalue weighted by Crippen LogP contribution is 2.65. The molecule has 4 nitrogen and oxygen atoms in total. The molecular weight excluding hydrogens is 320 g/mol. The van der Waals surface area contributed by atoms with Crippen molar-refractivity contribution >= 4 is 11.4 Å². The third-order valence-electron chi connectivity index (χ3n) is 7.73. The molecule has 0 radical (unpaired) electrons. The largest absolute Gasteiger partial charge is 0.369 e. The predicted molar refractivity (Wildman–Crippen MR) is 106 cm³/mol. The van der Waals surface area contributed by atoms with Gasteiger partial charge in [-0.2, -0.15) is 0 Å². The standard InChI is InChI=1S/C22H26N4/c1-25-13-11-22-16-8-4-5-9-17(16)23-19(25)21(22)12-14-26(2)20(22)24-18-10-6-3-7-15(18)21/h3-10,19-20,23-24H,11-14H2,1-2H3/t19-,20-,21+,22?/m0/s1. The summed E-state index contributed by atoms with van der Waals surface area (Å²) < 4.78 is 0. The Morgan fingerprint density at radius 2 is 1.15 bits per heavy atom. The number of nitrogens with zero attached hydrogens (tertiary/aromatic N) is 2. The number of piperidine rings is 2. The number of nitrogens with one attached hydrogen (secondary N) is 2. The van der Waals surface area contributed by atoms with E-state index in [4.69, 9.17) is 0 Å². The van der Waals surface area contributed by atoms with Crippen LogP contribution in [0.5, 0.6) is 0 Å². The molecule has 2 saturated heterocycles. The summed E-state index contributed by atoms with van der Waals surface area (Å²) in [5.74, 6) is 0. The Bertz CT molecular complexity index is 822. The Balaban J connectivity index is 1.75. The zero-order chi connectivity index (χ0) is 17.5. The van der Waals surface area contributed by atoms with E-state index in [9.17, 15) is 0 Å². The van der Waals surface area contributed by atoms with Crippen molar-refractivity contribution in [3.63, 3.8) is 0 Å². The normalized spacial score (nSPS) is 37.6. The van der Waals surface area contributed by atoms with E-state index >= 15 is 0 Å². The number of hydrogen-bond acceptors (Lipinski definition) is 4. The molecule has 4 aliphatic rings. The molecule has 0 aromatic heterocycles. The molecule has 6 rings (SSSR count). The minimum atomic E-state index is 0.105. The van der Waals surface area contributed by atoms with Crippen molar-refractivity contribution in [2.75, 3.05) is 37.8 Å². The third-order valence-corrected chi connectivity index (χ3v) is 7.73. The molecule has 4 aliphatic heterocycles. The van der Waals surface area contributed by atoms with Crippen LogP contribution in [-0.4, -0.2) is 49.3 Å². The van der Waals surface area contributed by atoms with Crippen molar-refractivity contribution < 1.29 is 0 Å². The number of fused-ring (bicyclic) bond motifs is 2. The van der Waals surface area contributed by atoms with Gasteiger partial charge < -0.3 is 10.6 Å². The predicted octanol–water partition coefficient (Wildman–Crippen LogP) is 3.04. The lowest BCUT2D eigenvalue weighted by atomic mass is 9.45. The molecule has 0 amide bonds. The second kappa shape index (κ2) is 4.81. The molecule has 2 fully saturated rings. The number of likely N-dealkylation sites (tertiary alicyclic amines) is 2. The molecule has 2 N–H and O–H groups in total. The summed E-state index contributed by atoms with van der Waals surface area (Å²) in [6.45, 7) is 2.25. The first-order valence-electron chi connectivity index (χ1n) is 9.81. The van der Waals surface area contributed by atoms with E-state index < -0.39 is 0 Å².